The molecule has 1 saturated heterocycles. The number of hydrogen-bond acceptors (Lipinski definition) is 6. The topological polar surface area (TPSA) is 86.7 Å². The average Bonchev–Trinajstić information content (AvgIpc) is 2.67. The number of carbonyl (C=O) groups excluding carboxylic acids is 4. The summed E-state index contributed by atoms with van der Waals surface area (Å²) in [5.74, 6) is -2.07. The van der Waals surface area contributed by atoms with Gasteiger partial charge in [0.25, 0.3) is 0 Å². The third-order valence-corrected chi connectivity index (χ3v) is 9.60. The van der Waals surface area contributed by atoms with Gasteiger partial charge >= 0.3 is 11.9 Å². The molecule has 0 spiro atoms. The predicted molar refractivity (Wildman–Crippen MR) is 117 cm³/mol. The highest BCUT2D eigenvalue weighted by atomic mass is 16.6. The van der Waals surface area contributed by atoms with Crippen LogP contribution in [0.3, 0.4) is 0 Å². The number of fused-ring (bicyclic) bond motifs is 5. The van der Waals surface area contributed by atoms with Gasteiger partial charge in [-0.25, -0.2) is 0 Å². The van der Waals surface area contributed by atoms with Gasteiger partial charge in [0.05, 0.1) is 11.3 Å². The van der Waals surface area contributed by atoms with Crippen molar-refractivity contribution < 1.29 is 28.7 Å². The van der Waals surface area contributed by atoms with Crippen LogP contribution in [0.2, 0.25) is 0 Å². The maximum Gasteiger partial charge on any atom is 0.311 e. The molecule has 3 fully saturated rings. The number of ether oxygens (including phenoxy) is 2. The van der Waals surface area contributed by atoms with E-state index in [1.54, 1.807) is 19.9 Å². The lowest BCUT2D eigenvalue weighted by atomic mass is 9.36. The molecule has 0 unspecified atom stereocenters. The maximum absolute atomic E-state index is 13.4. The van der Waals surface area contributed by atoms with Crippen molar-refractivity contribution in [1.82, 2.24) is 0 Å². The van der Waals surface area contributed by atoms with E-state index in [2.05, 4.69) is 13.5 Å². The highest BCUT2D eigenvalue weighted by Crippen LogP contribution is 2.71. The molecule has 0 N–H and O–H groups in total. The standard InChI is InChI=1S/C26H34O6/c1-13-11-17-24(6)10-9-18(28)23(4,5)16(24)12-19(32-15(3)27)26(17,8)20-22(30)31-14(2)21(29)25(13,20)7/h9-10,14,16-17,19-20H,1,11-12H2,2-8H3/t14-,16+,17-,19+,20+,24-,25+,26-/m0/s1. The molecule has 8 atom stereocenters. The number of rotatable bonds is 1. The first kappa shape index (κ1) is 22.9. The summed E-state index contributed by atoms with van der Waals surface area (Å²) in [6.07, 6.45) is 3.11. The Morgan fingerprint density at radius 2 is 1.75 bits per heavy atom. The summed E-state index contributed by atoms with van der Waals surface area (Å²) in [6.45, 7) is 17.0. The minimum absolute atomic E-state index is 0.0470. The second kappa shape index (κ2) is 6.64. The normalized spacial score (nSPS) is 47.2. The number of hydrogen-bond donors (Lipinski definition) is 0. The van der Waals surface area contributed by atoms with Crippen LogP contribution in [-0.4, -0.2) is 35.7 Å². The summed E-state index contributed by atoms with van der Waals surface area (Å²) >= 11 is 0. The maximum atomic E-state index is 13.4. The summed E-state index contributed by atoms with van der Waals surface area (Å²) in [6, 6.07) is 0. The van der Waals surface area contributed by atoms with Crippen LogP contribution in [0.15, 0.2) is 24.3 Å². The van der Waals surface area contributed by atoms with E-state index in [9.17, 15) is 19.2 Å². The lowest BCUT2D eigenvalue weighted by molar-refractivity contribution is -0.232. The van der Waals surface area contributed by atoms with Crippen molar-refractivity contribution in [3.63, 3.8) is 0 Å². The van der Waals surface area contributed by atoms with Gasteiger partial charge in [0.1, 0.15) is 6.10 Å². The van der Waals surface area contributed by atoms with Crippen molar-refractivity contribution in [2.24, 2.45) is 39.4 Å². The molecule has 0 radical (unpaired) electrons. The van der Waals surface area contributed by atoms with Gasteiger partial charge in [0.15, 0.2) is 17.7 Å². The monoisotopic (exact) mass is 442 g/mol. The molecule has 0 aromatic heterocycles. The van der Waals surface area contributed by atoms with Gasteiger partial charge in [-0.15, -0.1) is 0 Å². The van der Waals surface area contributed by atoms with Gasteiger partial charge in [0, 0.05) is 17.8 Å². The Morgan fingerprint density at radius 1 is 1.12 bits per heavy atom. The number of carbonyl (C=O) groups is 4. The van der Waals surface area contributed by atoms with E-state index in [1.807, 2.05) is 26.8 Å². The molecule has 1 aliphatic heterocycles. The second-order valence-corrected chi connectivity index (χ2v) is 11.5. The largest absolute Gasteiger partial charge is 0.462 e. The number of Topliss-reactive ketones (excluding diaryl/α,β-unsaturated/α-hetero) is 1. The third kappa shape index (κ3) is 2.58. The first-order valence-corrected chi connectivity index (χ1v) is 11.5. The number of cyclic esters (lactones) is 1. The lowest BCUT2D eigenvalue weighted by Gasteiger charge is -2.68. The molecule has 174 valence electrons. The van der Waals surface area contributed by atoms with Gasteiger partial charge in [-0.05, 0) is 50.0 Å². The predicted octanol–water partition coefficient (Wildman–Crippen LogP) is 3.83. The van der Waals surface area contributed by atoms with Crippen molar-refractivity contribution in [2.45, 2.75) is 73.5 Å². The van der Waals surface area contributed by atoms with E-state index < -0.39 is 51.7 Å². The van der Waals surface area contributed by atoms with E-state index in [1.165, 1.54) is 6.92 Å². The first-order chi connectivity index (χ1) is 14.6. The fourth-order valence-electron chi connectivity index (χ4n) is 7.82. The van der Waals surface area contributed by atoms with E-state index >= 15 is 0 Å². The van der Waals surface area contributed by atoms with E-state index in [-0.39, 0.29) is 23.4 Å². The zero-order valence-corrected chi connectivity index (χ0v) is 20.1. The van der Waals surface area contributed by atoms with Crippen molar-refractivity contribution in [3.8, 4) is 0 Å². The van der Waals surface area contributed by atoms with Gasteiger partial charge in [0.2, 0.25) is 0 Å². The lowest BCUT2D eigenvalue weighted by Crippen LogP contribution is -2.71. The van der Waals surface area contributed by atoms with E-state index in [4.69, 9.17) is 9.47 Å². The Bertz CT molecular complexity index is 975. The number of allylic oxidation sites excluding steroid dienone is 3. The van der Waals surface area contributed by atoms with Crippen molar-refractivity contribution in [3.05, 3.63) is 24.3 Å². The highest BCUT2D eigenvalue weighted by Gasteiger charge is 2.73. The average molecular weight is 443 g/mol. The number of esters is 2. The molecule has 3 aliphatic carbocycles. The van der Waals surface area contributed by atoms with Crippen molar-refractivity contribution in [1.29, 1.82) is 0 Å². The Labute approximate surface area is 189 Å². The molecule has 4 rings (SSSR count). The van der Waals surface area contributed by atoms with Crippen LogP contribution in [0.25, 0.3) is 0 Å². The molecule has 4 aliphatic rings. The van der Waals surface area contributed by atoms with E-state index in [0.717, 1.165) is 0 Å². The first-order valence-electron chi connectivity index (χ1n) is 11.5. The van der Waals surface area contributed by atoms with Gasteiger partial charge in [-0.1, -0.05) is 45.9 Å². The summed E-state index contributed by atoms with van der Waals surface area (Å²) in [7, 11) is 0. The second-order valence-electron chi connectivity index (χ2n) is 11.5. The Hall–Kier alpha value is -2.24. The molecular weight excluding hydrogens is 408 g/mol. The summed E-state index contributed by atoms with van der Waals surface area (Å²) < 4.78 is 11.4. The molecule has 6 nitrogen and oxygen atoms in total. The van der Waals surface area contributed by atoms with Crippen LogP contribution < -0.4 is 0 Å². The molecule has 0 amide bonds. The fourth-order valence-corrected chi connectivity index (χ4v) is 7.82. The molecule has 0 bridgehead atoms. The third-order valence-electron chi connectivity index (χ3n) is 9.60. The fraction of sp³-hybridized carbons (Fsp3) is 0.692. The summed E-state index contributed by atoms with van der Waals surface area (Å²) in [5, 5.41) is 0. The Morgan fingerprint density at radius 3 is 2.34 bits per heavy atom. The Balaban J connectivity index is 1.97. The smallest absolute Gasteiger partial charge is 0.311 e. The van der Waals surface area contributed by atoms with Gasteiger partial charge in [-0.2, -0.15) is 0 Å². The molecule has 2 saturated carbocycles. The minimum atomic E-state index is -1.09. The van der Waals surface area contributed by atoms with Gasteiger partial charge < -0.3 is 9.47 Å². The summed E-state index contributed by atoms with van der Waals surface area (Å²) in [4.78, 5) is 51.8. The molecular formula is C26H34O6. The molecule has 6 heteroatoms. The van der Waals surface area contributed by atoms with Crippen LogP contribution in [0.4, 0.5) is 0 Å². The molecule has 0 aromatic carbocycles. The zero-order chi connectivity index (χ0) is 24.0. The molecule has 0 aromatic rings. The number of ketones is 2. The quantitative estimate of drug-likeness (QED) is 0.453. The van der Waals surface area contributed by atoms with Crippen LogP contribution in [0.1, 0.15) is 61.3 Å². The van der Waals surface area contributed by atoms with Gasteiger partial charge in [-0.3, -0.25) is 19.2 Å². The Kier molecular flexibility index (Phi) is 4.76. The van der Waals surface area contributed by atoms with Crippen molar-refractivity contribution in [2.75, 3.05) is 0 Å². The SMILES string of the molecule is C=C1C[C@H]2[C@@]3(C)C=CC(=O)C(C)(C)[C@H]3C[C@@H](OC(C)=O)[C@@]2(C)[C@@H]2C(=O)O[C@@H](C)C(=O)[C@]12C. The van der Waals surface area contributed by atoms with Crippen LogP contribution >= 0.6 is 0 Å². The molecule has 1 heterocycles. The highest BCUT2D eigenvalue weighted by molar-refractivity contribution is 6.00. The van der Waals surface area contributed by atoms with Crippen molar-refractivity contribution >= 4 is 23.5 Å². The summed E-state index contributed by atoms with van der Waals surface area (Å²) in [5.41, 5.74) is -2.33. The van der Waals surface area contributed by atoms with Crippen LogP contribution in [0.5, 0.6) is 0 Å². The zero-order valence-electron chi connectivity index (χ0n) is 20.1. The van der Waals surface area contributed by atoms with Crippen LogP contribution in [-0.2, 0) is 28.7 Å². The van der Waals surface area contributed by atoms with E-state index in [0.29, 0.717) is 18.4 Å². The van der Waals surface area contributed by atoms with Crippen LogP contribution in [0, 0.1) is 39.4 Å². The minimum Gasteiger partial charge on any atom is -0.462 e. The molecule has 32 heavy (non-hydrogen) atoms.